The molecule has 1 fully saturated rings. The number of primary amides is 1. The van der Waals surface area contributed by atoms with Crippen molar-refractivity contribution in [1.82, 2.24) is 35.5 Å². The molecule has 0 saturated carbocycles. The molecule has 3 heterocycles. The van der Waals surface area contributed by atoms with Gasteiger partial charge in [-0.15, -0.1) is 0 Å². The number of ether oxygens (including phenoxy) is 1. The van der Waals surface area contributed by atoms with Gasteiger partial charge in [0.2, 0.25) is 5.91 Å². The largest absolute Gasteiger partial charge is 0.388 e. The van der Waals surface area contributed by atoms with Crippen molar-refractivity contribution in [2.45, 2.75) is 69.7 Å². The molecule has 8 N–H and O–H groups in total. The quantitative estimate of drug-likeness (QED) is 0.0922. The summed E-state index contributed by atoms with van der Waals surface area (Å²) in [5.41, 5.74) is 8.63. The highest BCUT2D eigenvalue weighted by Gasteiger charge is 2.45. The third-order valence-electron chi connectivity index (χ3n) is 8.06. The normalized spacial score (nSPS) is 19.4. The number of nitrogens with two attached hydrogens (primary N) is 1. The minimum Gasteiger partial charge on any atom is -0.388 e. The van der Waals surface area contributed by atoms with E-state index >= 15 is 0 Å². The Bertz CT molecular complexity index is 1580. The Morgan fingerprint density at radius 1 is 0.957 bits per heavy atom. The maximum absolute atomic E-state index is 12.5. The average Bonchev–Trinajstić information content (AvgIpc) is 3.61. The Morgan fingerprint density at radius 3 is 2.26 bits per heavy atom. The van der Waals surface area contributed by atoms with Crippen molar-refractivity contribution < 1.29 is 24.5 Å². The fourth-order valence-electron chi connectivity index (χ4n) is 5.60. The Kier molecular flexibility index (Phi) is 11.3. The fourth-order valence-corrected chi connectivity index (χ4v) is 5.60. The molecular weight excluding hydrogens is 602 g/mol. The first-order valence-electron chi connectivity index (χ1n) is 15.8. The van der Waals surface area contributed by atoms with E-state index in [9.17, 15) is 19.8 Å². The lowest BCUT2D eigenvalue weighted by molar-refractivity contribution is -0.132. The molecule has 14 nitrogen and oxygen atoms in total. The molecule has 14 heteroatoms. The number of benzene rings is 2. The van der Waals surface area contributed by atoms with Gasteiger partial charge in [0.1, 0.15) is 17.7 Å². The number of urea groups is 1. The Labute approximate surface area is 273 Å². The number of nitrogens with zero attached hydrogens (tertiary/aromatic N) is 4. The lowest BCUT2D eigenvalue weighted by Gasteiger charge is -2.20. The van der Waals surface area contributed by atoms with Crippen LogP contribution in [0, 0.1) is 0 Å². The van der Waals surface area contributed by atoms with Crippen molar-refractivity contribution in [3.8, 4) is 0 Å². The van der Waals surface area contributed by atoms with Crippen molar-refractivity contribution in [2.75, 3.05) is 25.0 Å². The van der Waals surface area contributed by atoms with Gasteiger partial charge in [0.15, 0.2) is 23.4 Å². The van der Waals surface area contributed by atoms with Crippen molar-refractivity contribution in [1.29, 1.82) is 0 Å². The number of amides is 3. The maximum Gasteiger partial charge on any atom is 0.315 e. The number of fused-ring (bicyclic) bond motifs is 1. The number of aliphatic hydroxyl groups excluding tert-OH is 2. The van der Waals surface area contributed by atoms with E-state index in [1.807, 2.05) is 50.2 Å². The van der Waals surface area contributed by atoms with E-state index in [0.717, 1.165) is 11.1 Å². The number of aryl methyl sites for hydroxylation is 1. The van der Waals surface area contributed by atoms with Crippen molar-refractivity contribution in [3.05, 3.63) is 83.9 Å². The summed E-state index contributed by atoms with van der Waals surface area (Å²) in [7, 11) is 0. The SMILES string of the molecule is CC(C)NCCNC(=O)NCc1nc(NCC(c2ccccc2)c2ccccc2)c2ncn(CCC3OC(C(N)=O)C(O)C3O)c2n1. The molecule has 1 saturated heterocycles. The van der Waals surface area contributed by atoms with Gasteiger partial charge >= 0.3 is 6.03 Å². The summed E-state index contributed by atoms with van der Waals surface area (Å²) in [4.78, 5) is 38.2. The predicted octanol–water partition coefficient (Wildman–Crippen LogP) is 1.23. The highest BCUT2D eigenvalue weighted by molar-refractivity contribution is 5.83. The van der Waals surface area contributed by atoms with Gasteiger partial charge in [0, 0.05) is 38.1 Å². The first-order chi connectivity index (χ1) is 22.7. The number of hydrogen-bond donors (Lipinski definition) is 7. The van der Waals surface area contributed by atoms with E-state index in [-0.39, 0.29) is 24.9 Å². The summed E-state index contributed by atoms with van der Waals surface area (Å²) >= 11 is 0. The molecule has 47 heavy (non-hydrogen) atoms. The Hall–Kier alpha value is -4.63. The van der Waals surface area contributed by atoms with Gasteiger partial charge in [-0.3, -0.25) is 4.79 Å². The van der Waals surface area contributed by atoms with Crippen LogP contribution in [0.3, 0.4) is 0 Å². The molecule has 2 aromatic heterocycles. The molecule has 0 radical (unpaired) electrons. The number of aromatic nitrogens is 4. The van der Waals surface area contributed by atoms with Crippen LogP contribution >= 0.6 is 0 Å². The number of rotatable bonds is 15. The topological polar surface area (TPSA) is 202 Å². The van der Waals surface area contributed by atoms with Gasteiger partial charge in [-0.25, -0.2) is 19.7 Å². The monoisotopic (exact) mass is 645 g/mol. The van der Waals surface area contributed by atoms with Gasteiger partial charge in [-0.1, -0.05) is 74.5 Å². The Morgan fingerprint density at radius 2 is 1.64 bits per heavy atom. The molecule has 4 atom stereocenters. The summed E-state index contributed by atoms with van der Waals surface area (Å²) in [5.74, 6) is 0.0547. The van der Waals surface area contributed by atoms with Crippen LogP contribution in [-0.4, -0.2) is 91.8 Å². The van der Waals surface area contributed by atoms with Crippen LogP contribution < -0.4 is 27.0 Å². The molecule has 0 aliphatic carbocycles. The summed E-state index contributed by atoms with van der Waals surface area (Å²) in [5, 5.41) is 33.0. The lowest BCUT2D eigenvalue weighted by atomic mass is 9.91. The second kappa shape index (κ2) is 15.8. The number of carbonyl (C=O) groups excluding carboxylic acids is 2. The van der Waals surface area contributed by atoms with Crippen LogP contribution in [0.4, 0.5) is 10.6 Å². The molecule has 1 aliphatic rings. The lowest BCUT2D eigenvalue weighted by Crippen LogP contribution is -2.40. The van der Waals surface area contributed by atoms with E-state index in [2.05, 4.69) is 50.5 Å². The third kappa shape index (κ3) is 8.60. The summed E-state index contributed by atoms with van der Waals surface area (Å²) in [6, 6.07) is 20.4. The second-order valence-corrected chi connectivity index (χ2v) is 11.8. The van der Waals surface area contributed by atoms with Crippen LogP contribution in [0.5, 0.6) is 0 Å². The number of hydrogen-bond acceptors (Lipinski definition) is 10. The van der Waals surface area contributed by atoms with Gasteiger partial charge in [0.05, 0.1) is 19.0 Å². The molecule has 2 aromatic carbocycles. The summed E-state index contributed by atoms with van der Waals surface area (Å²) < 4.78 is 7.35. The minimum atomic E-state index is -1.40. The highest BCUT2D eigenvalue weighted by atomic mass is 16.5. The highest BCUT2D eigenvalue weighted by Crippen LogP contribution is 2.28. The number of carbonyl (C=O) groups is 2. The van der Waals surface area contributed by atoms with Gasteiger partial charge < -0.3 is 46.5 Å². The molecule has 250 valence electrons. The predicted molar refractivity (Wildman–Crippen MR) is 176 cm³/mol. The third-order valence-corrected chi connectivity index (χ3v) is 8.06. The fraction of sp³-hybridized carbons (Fsp3) is 0.424. The van der Waals surface area contributed by atoms with Gasteiger partial charge in [0.25, 0.3) is 0 Å². The molecule has 5 rings (SSSR count). The van der Waals surface area contributed by atoms with Gasteiger partial charge in [-0.05, 0) is 17.5 Å². The standard InChI is InChI=1S/C33H43N9O5/c1-20(2)35-14-15-36-33(46)38-18-25-40-31(37-17-23(21-9-5-3-6-10-21)22-11-7-4-8-12-22)26-32(41-25)42(19-39-26)16-13-24-27(43)28(44)29(47-24)30(34)45/h3-12,19-20,23-24,27-29,35,43-44H,13-18H2,1-2H3,(H2,34,45)(H2,36,38,46)(H,37,40,41). The van der Waals surface area contributed by atoms with Crippen LogP contribution in [0.2, 0.25) is 0 Å². The van der Waals surface area contributed by atoms with Crippen molar-refractivity contribution in [3.63, 3.8) is 0 Å². The second-order valence-electron chi connectivity index (χ2n) is 11.8. The van der Waals surface area contributed by atoms with Crippen LogP contribution in [0.15, 0.2) is 67.0 Å². The van der Waals surface area contributed by atoms with Crippen molar-refractivity contribution >= 4 is 28.9 Å². The maximum atomic E-state index is 12.5. The van der Waals surface area contributed by atoms with Crippen LogP contribution in [0.25, 0.3) is 11.2 Å². The van der Waals surface area contributed by atoms with Crippen LogP contribution in [-0.2, 0) is 22.6 Å². The first-order valence-corrected chi connectivity index (χ1v) is 15.8. The molecule has 1 aliphatic heterocycles. The minimum absolute atomic E-state index is 0.0157. The average molecular weight is 646 g/mol. The first kappa shape index (κ1) is 33.7. The van der Waals surface area contributed by atoms with E-state index in [4.69, 9.17) is 20.4 Å². The number of aliphatic hydroxyl groups is 2. The molecule has 4 aromatic rings. The number of imidazole rings is 1. The van der Waals surface area contributed by atoms with Crippen molar-refractivity contribution in [2.24, 2.45) is 5.73 Å². The zero-order chi connectivity index (χ0) is 33.3. The number of nitrogens with one attached hydrogen (secondary N) is 4. The molecule has 0 spiro atoms. The molecular formula is C33H43N9O5. The van der Waals surface area contributed by atoms with E-state index in [1.165, 1.54) is 0 Å². The van der Waals surface area contributed by atoms with Crippen LogP contribution in [0.1, 0.15) is 43.1 Å². The molecule has 0 bridgehead atoms. The molecule has 4 unspecified atom stereocenters. The zero-order valence-electron chi connectivity index (χ0n) is 26.5. The van der Waals surface area contributed by atoms with E-state index in [0.29, 0.717) is 55.0 Å². The van der Waals surface area contributed by atoms with Gasteiger partial charge in [-0.2, -0.15) is 0 Å². The van der Waals surface area contributed by atoms with E-state index in [1.54, 1.807) is 10.9 Å². The number of anilines is 1. The smallest absolute Gasteiger partial charge is 0.315 e. The summed E-state index contributed by atoms with van der Waals surface area (Å²) in [6.45, 7) is 6.06. The van der Waals surface area contributed by atoms with E-state index < -0.39 is 30.3 Å². The zero-order valence-corrected chi connectivity index (χ0v) is 26.5. The summed E-state index contributed by atoms with van der Waals surface area (Å²) in [6.07, 6.45) is -2.89. The Balaban J connectivity index is 1.37. The molecule has 3 amide bonds.